The highest BCUT2D eigenvalue weighted by Gasteiger charge is 2.55. The third-order valence-corrected chi connectivity index (χ3v) is 7.50. The lowest BCUT2D eigenvalue weighted by molar-refractivity contribution is -0.127. The van der Waals surface area contributed by atoms with Crippen molar-refractivity contribution in [3.05, 3.63) is 65.0 Å². The lowest BCUT2D eigenvalue weighted by Crippen LogP contribution is -2.63. The Kier molecular flexibility index (Phi) is 6.52. The summed E-state index contributed by atoms with van der Waals surface area (Å²) in [6.07, 6.45) is 8.33. The summed E-state index contributed by atoms with van der Waals surface area (Å²) in [6.45, 7) is 10.1. The third-order valence-electron chi connectivity index (χ3n) is 7.50. The van der Waals surface area contributed by atoms with Crippen molar-refractivity contribution in [2.45, 2.75) is 58.0 Å². The minimum absolute atomic E-state index is 0.248. The van der Waals surface area contributed by atoms with E-state index >= 15 is 0 Å². The van der Waals surface area contributed by atoms with E-state index in [4.69, 9.17) is 4.74 Å². The topological polar surface area (TPSA) is 45.6 Å². The second-order valence-electron chi connectivity index (χ2n) is 10.4. The van der Waals surface area contributed by atoms with Gasteiger partial charge in [0.25, 0.3) is 0 Å². The molecule has 1 aromatic carbocycles. The number of likely N-dealkylation sites (tertiary alicyclic amines) is 1. The second kappa shape index (κ2) is 9.01. The standard InChI is InChI=1S/C27H38N2O2/c1-20(2)23-7-9-24(10-8-23)27(30,26(3)18-29(4)19-26)25-15-22(16-28-17-25)6-5-21-11-13-31-14-12-21/h7-10,15-17,20-21,30H,5-6,11-14,18-19H2,1-4H3/t27-/m0/s1. The normalized spacial score (nSPS) is 21.6. The SMILES string of the molecule is CC(C)c1ccc([C@](O)(c2cncc(CCC3CCOCC3)c2)C2(C)CN(C)C2)cc1. The first kappa shape index (κ1) is 22.4. The van der Waals surface area contributed by atoms with Crippen molar-refractivity contribution >= 4 is 0 Å². The van der Waals surface area contributed by atoms with E-state index in [1.807, 2.05) is 12.4 Å². The highest BCUT2D eigenvalue weighted by Crippen LogP contribution is 2.50. The molecule has 0 unspecified atom stereocenters. The molecule has 0 spiro atoms. The first-order chi connectivity index (χ1) is 14.8. The van der Waals surface area contributed by atoms with Gasteiger partial charge in [-0.1, -0.05) is 45.0 Å². The van der Waals surface area contributed by atoms with Crippen LogP contribution in [0.15, 0.2) is 42.7 Å². The summed E-state index contributed by atoms with van der Waals surface area (Å²) in [6, 6.07) is 10.8. The molecule has 0 bridgehead atoms. The zero-order valence-corrected chi connectivity index (χ0v) is 19.6. The van der Waals surface area contributed by atoms with Crippen molar-refractivity contribution in [1.29, 1.82) is 0 Å². The van der Waals surface area contributed by atoms with Crippen LogP contribution in [0.5, 0.6) is 0 Å². The Morgan fingerprint density at radius 1 is 1.13 bits per heavy atom. The number of pyridine rings is 1. The summed E-state index contributed by atoms with van der Waals surface area (Å²) in [7, 11) is 2.12. The Hall–Kier alpha value is -1.75. The first-order valence-electron chi connectivity index (χ1n) is 11.9. The molecular weight excluding hydrogens is 384 g/mol. The van der Waals surface area contributed by atoms with E-state index < -0.39 is 5.60 Å². The molecule has 168 valence electrons. The van der Waals surface area contributed by atoms with Gasteiger partial charge in [-0.2, -0.15) is 0 Å². The van der Waals surface area contributed by atoms with Gasteiger partial charge in [-0.15, -0.1) is 0 Å². The van der Waals surface area contributed by atoms with Crippen LogP contribution in [0.2, 0.25) is 0 Å². The summed E-state index contributed by atoms with van der Waals surface area (Å²) >= 11 is 0. The van der Waals surface area contributed by atoms with Crippen molar-refractivity contribution in [2.75, 3.05) is 33.4 Å². The number of aromatic nitrogens is 1. The van der Waals surface area contributed by atoms with Gasteiger partial charge >= 0.3 is 0 Å². The number of aryl methyl sites for hydroxylation is 1. The molecule has 1 N–H and O–H groups in total. The van der Waals surface area contributed by atoms with Gasteiger partial charge in [0.15, 0.2) is 0 Å². The number of nitrogens with zero attached hydrogens (tertiary/aromatic N) is 2. The quantitative estimate of drug-likeness (QED) is 0.699. The molecule has 4 heteroatoms. The molecular formula is C27H38N2O2. The molecule has 0 aliphatic carbocycles. The number of hydrogen-bond acceptors (Lipinski definition) is 4. The average Bonchev–Trinajstić information content (AvgIpc) is 2.77. The highest BCUT2D eigenvalue weighted by molar-refractivity contribution is 5.41. The minimum Gasteiger partial charge on any atom is -0.381 e. The van der Waals surface area contributed by atoms with Gasteiger partial charge in [0, 0.05) is 49.7 Å². The second-order valence-corrected chi connectivity index (χ2v) is 10.4. The molecule has 4 nitrogen and oxygen atoms in total. The summed E-state index contributed by atoms with van der Waals surface area (Å²) < 4.78 is 5.50. The number of benzene rings is 1. The lowest BCUT2D eigenvalue weighted by Gasteiger charge is -2.56. The summed E-state index contributed by atoms with van der Waals surface area (Å²) in [5.41, 5.74) is 3.10. The van der Waals surface area contributed by atoms with Crippen molar-refractivity contribution < 1.29 is 9.84 Å². The maximum atomic E-state index is 12.3. The number of aliphatic hydroxyl groups is 1. The molecule has 2 aliphatic rings. The molecule has 0 saturated carbocycles. The fourth-order valence-electron chi connectivity index (χ4n) is 5.57. The van der Waals surface area contributed by atoms with Crippen LogP contribution in [-0.4, -0.2) is 48.3 Å². The predicted molar refractivity (Wildman–Crippen MR) is 125 cm³/mol. The Bertz CT molecular complexity index is 867. The van der Waals surface area contributed by atoms with Crippen LogP contribution in [0.3, 0.4) is 0 Å². The molecule has 0 amide bonds. The summed E-state index contributed by atoms with van der Waals surface area (Å²) in [4.78, 5) is 6.85. The van der Waals surface area contributed by atoms with E-state index in [0.29, 0.717) is 5.92 Å². The number of ether oxygens (including phenoxy) is 1. The van der Waals surface area contributed by atoms with Crippen molar-refractivity contribution in [1.82, 2.24) is 9.88 Å². The first-order valence-corrected chi connectivity index (χ1v) is 11.9. The van der Waals surface area contributed by atoms with Gasteiger partial charge in [-0.25, -0.2) is 0 Å². The Balaban J connectivity index is 1.64. The smallest absolute Gasteiger partial charge is 0.124 e. The van der Waals surface area contributed by atoms with Gasteiger partial charge in [-0.3, -0.25) is 4.98 Å². The zero-order valence-electron chi connectivity index (χ0n) is 19.6. The van der Waals surface area contributed by atoms with Crippen LogP contribution < -0.4 is 0 Å². The summed E-state index contributed by atoms with van der Waals surface area (Å²) in [5, 5.41) is 12.3. The van der Waals surface area contributed by atoms with Crippen LogP contribution in [0.4, 0.5) is 0 Å². The molecule has 4 rings (SSSR count). The molecule has 0 radical (unpaired) electrons. The Labute approximate surface area is 187 Å². The maximum absolute atomic E-state index is 12.3. The zero-order chi connectivity index (χ0) is 22.1. The monoisotopic (exact) mass is 422 g/mol. The fourth-order valence-corrected chi connectivity index (χ4v) is 5.57. The molecule has 1 atom stereocenters. The lowest BCUT2D eigenvalue weighted by atomic mass is 9.62. The molecule has 1 aromatic heterocycles. The van der Waals surface area contributed by atoms with Crippen LogP contribution in [0.25, 0.3) is 0 Å². The van der Waals surface area contributed by atoms with Crippen molar-refractivity contribution in [3.63, 3.8) is 0 Å². The fraction of sp³-hybridized carbons (Fsp3) is 0.593. The van der Waals surface area contributed by atoms with Crippen LogP contribution >= 0.6 is 0 Å². The van der Waals surface area contributed by atoms with Crippen molar-refractivity contribution in [3.8, 4) is 0 Å². The van der Waals surface area contributed by atoms with Gasteiger partial charge in [0.05, 0.1) is 0 Å². The Morgan fingerprint density at radius 2 is 1.81 bits per heavy atom. The maximum Gasteiger partial charge on any atom is 0.124 e. The van der Waals surface area contributed by atoms with E-state index in [2.05, 4.69) is 68.0 Å². The van der Waals surface area contributed by atoms with Gasteiger partial charge < -0.3 is 14.7 Å². The molecule has 2 aliphatic heterocycles. The average molecular weight is 423 g/mol. The van der Waals surface area contributed by atoms with Crippen LogP contribution in [-0.2, 0) is 16.8 Å². The van der Waals surface area contributed by atoms with E-state index in [1.165, 1.54) is 11.1 Å². The van der Waals surface area contributed by atoms with Gasteiger partial charge in [0.2, 0.25) is 0 Å². The van der Waals surface area contributed by atoms with Crippen LogP contribution in [0, 0.1) is 11.3 Å². The predicted octanol–water partition coefficient (Wildman–Crippen LogP) is 4.75. The largest absolute Gasteiger partial charge is 0.381 e. The molecule has 2 aromatic rings. The third kappa shape index (κ3) is 4.44. The van der Waals surface area contributed by atoms with E-state index in [-0.39, 0.29) is 5.41 Å². The van der Waals surface area contributed by atoms with Gasteiger partial charge in [-0.05, 0) is 67.3 Å². The molecule has 3 heterocycles. The molecule has 2 fully saturated rings. The molecule has 31 heavy (non-hydrogen) atoms. The number of hydrogen-bond donors (Lipinski definition) is 1. The highest BCUT2D eigenvalue weighted by atomic mass is 16.5. The van der Waals surface area contributed by atoms with E-state index in [9.17, 15) is 5.11 Å². The van der Waals surface area contributed by atoms with Gasteiger partial charge in [0.1, 0.15) is 5.60 Å². The minimum atomic E-state index is -1.06. The Morgan fingerprint density at radius 3 is 2.42 bits per heavy atom. The summed E-state index contributed by atoms with van der Waals surface area (Å²) in [5.74, 6) is 1.21. The number of rotatable bonds is 7. The van der Waals surface area contributed by atoms with E-state index in [1.54, 1.807) is 0 Å². The molecule has 2 saturated heterocycles. The van der Waals surface area contributed by atoms with Crippen molar-refractivity contribution in [2.24, 2.45) is 11.3 Å². The van der Waals surface area contributed by atoms with Crippen LogP contribution in [0.1, 0.15) is 68.2 Å². The van der Waals surface area contributed by atoms with E-state index in [0.717, 1.165) is 69.0 Å².